The van der Waals surface area contributed by atoms with E-state index in [0.717, 1.165) is 12.0 Å². The number of hydrogen-bond donors (Lipinski definition) is 0. The average molecular weight is 398 g/mol. The Morgan fingerprint density at radius 3 is 2.39 bits per heavy atom. The maximum absolute atomic E-state index is 13.2. The van der Waals surface area contributed by atoms with E-state index >= 15 is 0 Å². The Kier molecular flexibility index (Phi) is 5.74. The van der Waals surface area contributed by atoms with Crippen LogP contribution in [-0.2, 0) is 26.3 Å². The van der Waals surface area contributed by atoms with E-state index in [9.17, 15) is 9.59 Å². The molecule has 1 fully saturated rings. The van der Waals surface area contributed by atoms with Crippen LogP contribution < -0.4 is 0 Å². The SMILES string of the molecule is CCOC(=O)[C@@H]1N(C(=O)c2ccc(CC)cc2)C(=S)O[C@@]1(C)c1ccncc1. The molecule has 28 heavy (non-hydrogen) atoms. The third-order valence-electron chi connectivity index (χ3n) is 4.87. The minimum atomic E-state index is -1.18. The van der Waals surface area contributed by atoms with Crippen LogP contribution in [0.2, 0.25) is 0 Å². The highest BCUT2D eigenvalue weighted by atomic mass is 32.1. The van der Waals surface area contributed by atoms with Crippen molar-refractivity contribution in [1.29, 1.82) is 0 Å². The molecule has 3 rings (SSSR count). The van der Waals surface area contributed by atoms with E-state index in [-0.39, 0.29) is 11.8 Å². The fourth-order valence-corrected chi connectivity index (χ4v) is 3.67. The first-order valence-corrected chi connectivity index (χ1v) is 9.55. The van der Waals surface area contributed by atoms with Gasteiger partial charge in [-0.2, -0.15) is 0 Å². The smallest absolute Gasteiger partial charge is 0.333 e. The molecule has 1 saturated heterocycles. The van der Waals surface area contributed by atoms with Crippen LogP contribution in [0.3, 0.4) is 0 Å². The lowest BCUT2D eigenvalue weighted by atomic mass is 9.88. The van der Waals surface area contributed by atoms with E-state index in [1.54, 1.807) is 50.5 Å². The molecule has 1 aliphatic heterocycles. The predicted octanol–water partition coefficient (Wildman–Crippen LogP) is 3.25. The minimum absolute atomic E-state index is 0.0538. The molecule has 2 atom stereocenters. The topological polar surface area (TPSA) is 68.7 Å². The highest BCUT2D eigenvalue weighted by Crippen LogP contribution is 2.40. The van der Waals surface area contributed by atoms with Gasteiger partial charge in [-0.25, -0.2) is 4.79 Å². The van der Waals surface area contributed by atoms with Gasteiger partial charge in [0, 0.05) is 23.5 Å². The highest BCUT2D eigenvalue weighted by molar-refractivity contribution is 7.80. The molecule has 146 valence electrons. The summed E-state index contributed by atoms with van der Waals surface area (Å²) in [6.45, 7) is 5.66. The van der Waals surface area contributed by atoms with Crippen LogP contribution in [0.4, 0.5) is 0 Å². The molecule has 6 nitrogen and oxygen atoms in total. The van der Waals surface area contributed by atoms with Crippen molar-refractivity contribution in [2.75, 3.05) is 6.61 Å². The Morgan fingerprint density at radius 2 is 1.82 bits per heavy atom. The third kappa shape index (κ3) is 3.49. The van der Waals surface area contributed by atoms with Crippen molar-refractivity contribution in [2.45, 2.75) is 38.8 Å². The van der Waals surface area contributed by atoms with E-state index in [0.29, 0.717) is 11.1 Å². The number of nitrogens with zero attached hydrogens (tertiary/aromatic N) is 2. The number of carbonyl (C=O) groups excluding carboxylic acids is 2. The Balaban J connectivity index is 2.04. The van der Waals surface area contributed by atoms with E-state index in [1.807, 2.05) is 19.1 Å². The van der Waals surface area contributed by atoms with E-state index in [1.165, 1.54) is 4.90 Å². The number of esters is 1. The van der Waals surface area contributed by atoms with Gasteiger partial charge in [-0.3, -0.25) is 14.7 Å². The number of pyridine rings is 1. The van der Waals surface area contributed by atoms with Crippen LogP contribution in [0.15, 0.2) is 48.8 Å². The number of aryl methyl sites for hydroxylation is 1. The lowest BCUT2D eigenvalue weighted by molar-refractivity contribution is -0.151. The zero-order chi connectivity index (χ0) is 20.3. The van der Waals surface area contributed by atoms with Gasteiger partial charge in [0.25, 0.3) is 11.1 Å². The lowest BCUT2D eigenvalue weighted by Crippen LogP contribution is -2.50. The standard InChI is InChI=1S/C21H22N2O4S/c1-4-14-6-8-15(9-7-14)18(24)23-17(19(25)26-5-2)21(3,27-20(23)28)16-10-12-22-13-11-16/h6-13,17H,4-5H2,1-3H3/t17-,21-/m0/s1. The first kappa shape index (κ1) is 19.9. The molecule has 0 unspecified atom stereocenters. The molecule has 0 aliphatic carbocycles. The number of amides is 1. The molecule has 0 radical (unpaired) electrons. The van der Waals surface area contributed by atoms with Gasteiger partial charge in [-0.05, 0) is 62.3 Å². The van der Waals surface area contributed by atoms with E-state index in [4.69, 9.17) is 21.7 Å². The second-order valence-electron chi connectivity index (χ2n) is 6.59. The number of carbonyl (C=O) groups is 2. The lowest BCUT2D eigenvalue weighted by Gasteiger charge is -2.30. The number of rotatable bonds is 5. The predicted molar refractivity (Wildman–Crippen MR) is 108 cm³/mol. The van der Waals surface area contributed by atoms with Crippen molar-refractivity contribution in [3.63, 3.8) is 0 Å². The molecule has 0 spiro atoms. The maximum Gasteiger partial charge on any atom is 0.333 e. The van der Waals surface area contributed by atoms with Crippen molar-refractivity contribution in [3.8, 4) is 0 Å². The fraction of sp³-hybridized carbons (Fsp3) is 0.333. The van der Waals surface area contributed by atoms with Gasteiger partial charge in [0.2, 0.25) is 0 Å². The molecule has 0 bridgehead atoms. The largest absolute Gasteiger partial charge is 0.464 e. The van der Waals surface area contributed by atoms with Gasteiger partial charge >= 0.3 is 5.97 Å². The summed E-state index contributed by atoms with van der Waals surface area (Å²) in [5.41, 5.74) is 1.04. The van der Waals surface area contributed by atoms with E-state index in [2.05, 4.69) is 4.98 Å². The van der Waals surface area contributed by atoms with Crippen molar-refractivity contribution in [1.82, 2.24) is 9.88 Å². The number of hydrogen-bond acceptors (Lipinski definition) is 6. The minimum Gasteiger partial charge on any atom is -0.464 e. The van der Waals surface area contributed by atoms with Crippen LogP contribution in [-0.4, -0.2) is 39.6 Å². The maximum atomic E-state index is 13.2. The Bertz CT molecular complexity index is 885. The molecular formula is C21H22N2O4S. The van der Waals surface area contributed by atoms with Gasteiger partial charge in [0.15, 0.2) is 11.6 Å². The summed E-state index contributed by atoms with van der Waals surface area (Å²) in [7, 11) is 0. The summed E-state index contributed by atoms with van der Waals surface area (Å²) in [6, 6.07) is 9.66. The Morgan fingerprint density at radius 1 is 1.18 bits per heavy atom. The zero-order valence-corrected chi connectivity index (χ0v) is 16.9. The molecule has 2 heterocycles. The summed E-state index contributed by atoms with van der Waals surface area (Å²) in [5.74, 6) is -0.969. The molecule has 2 aromatic rings. The fourth-order valence-electron chi connectivity index (χ4n) is 3.31. The molecule has 1 amide bonds. The number of thiocarbonyl (C=S) groups is 1. The van der Waals surface area contributed by atoms with Crippen molar-refractivity contribution in [3.05, 3.63) is 65.5 Å². The molecule has 1 aromatic heterocycles. The molecule has 0 N–H and O–H groups in total. The summed E-state index contributed by atoms with van der Waals surface area (Å²) < 4.78 is 11.2. The number of benzene rings is 1. The summed E-state index contributed by atoms with van der Waals surface area (Å²) in [4.78, 5) is 31.3. The van der Waals surface area contributed by atoms with Crippen LogP contribution in [0.5, 0.6) is 0 Å². The summed E-state index contributed by atoms with van der Waals surface area (Å²) in [5, 5.41) is -0.0538. The second-order valence-corrected chi connectivity index (χ2v) is 6.94. The van der Waals surface area contributed by atoms with Crippen molar-refractivity contribution >= 4 is 29.3 Å². The van der Waals surface area contributed by atoms with Crippen molar-refractivity contribution in [2.24, 2.45) is 0 Å². The molecular weight excluding hydrogens is 376 g/mol. The van der Waals surface area contributed by atoms with Crippen LogP contribution in [0, 0.1) is 0 Å². The van der Waals surface area contributed by atoms with Gasteiger partial charge in [0.1, 0.15) is 0 Å². The first-order chi connectivity index (χ1) is 13.4. The van der Waals surface area contributed by atoms with Gasteiger partial charge in [0.05, 0.1) is 6.61 Å². The molecule has 0 saturated carbocycles. The average Bonchev–Trinajstić information content (AvgIpc) is 2.99. The summed E-state index contributed by atoms with van der Waals surface area (Å²) >= 11 is 5.35. The Hall–Kier alpha value is -2.80. The van der Waals surface area contributed by atoms with E-state index < -0.39 is 23.5 Å². The zero-order valence-electron chi connectivity index (χ0n) is 16.0. The quantitative estimate of drug-likeness (QED) is 0.569. The number of aromatic nitrogens is 1. The Labute approximate surface area is 169 Å². The summed E-state index contributed by atoms with van der Waals surface area (Å²) in [6.07, 6.45) is 4.07. The van der Waals surface area contributed by atoms with Gasteiger partial charge < -0.3 is 9.47 Å². The molecule has 1 aliphatic rings. The van der Waals surface area contributed by atoms with Crippen LogP contribution in [0.25, 0.3) is 0 Å². The second kappa shape index (κ2) is 8.06. The van der Waals surface area contributed by atoms with Gasteiger partial charge in [-0.1, -0.05) is 19.1 Å². The normalized spacial score (nSPS) is 21.3. The van der Waals surface area contributed by atoms with Gasteiger partial charge in [-0.15, -0.1) is 0 Å². The molecule has 1 aromatic carbocycles. The monoisotopic (exact) mass is 398 g/mol. The number of ether oxygens (including phenoxy) is 2. The molecule has 7 heteroatoms. The highest BCUT2D eigenvalue weighted by Gasteiger charge is 2.57. The first-order valence-electron chi connectivity index (χ1n) is 9.15. The van der Waals surface area contributed by atoms with Crippen LogP contribution in [0.1, 0.15) is 42.3 Å². The van der Waals surface area contributed by atoms with Crippen molar-refractivity contribution < 1.29 is 19.1 Å². The third-order valence-corrected chi connectivity index (χ3v) is 5.15. The van der Waals surface area contributed by atoms with Crippen LogP contribution >= 0.6 is 12.2 Å².